The van der Waals surface area contributed by atoms with Gasteiger partial charge in [-0.05, 0) is 45.1 Å². The molecule has 2 amide bonds. The molecular weight excluding hydrogens is 294 g/mol. The topological polar surface area (TPSA) is 70.7 Å². The minimum absolute atomic E-state index is 0.521. The predicted molar refractivity (Wildman–Crippen MR) is 89.1 cm³/mol. The van der Waals surface area contributed by atoms with Crippen LogP contribution in [0, 0.1) is 0 Å². The second-order valence-electron chi connectivity index (χ2n) is 6.18. The average Bonchev–Trinajstić information content (AvgIpc) is 2.60. The SMILES string of the molecule is O=C(NCCCN1CCOCC1)C(=O)NCCC1=CCCCC1. The fourth-order valence-corrected chi connectivity index (χ4v) is 2.96. The quantitative estimate of drug-likeness (QED) is 0.414. The van der Waals surface area contributed by atoms with Crippen LogP contribution in [0.25, 0.3) is 0 Å². The van der Waals surface area contributed by atoms with E-state index >= 15 is 0 Å². The molecule has 2 N–H and O–H groups in total. The highest BCUT2D eigenvalue weighted by Gasteiger charge is 2.13. The monoisotopic (exact) mass is 323 g/mol. The van der Waals surface area contributed by atoms with Crippen molar-refractivity contribution in [1.82, 2.24) is 15.5 Å². The number of hydrogen-bond donors (Lipinski definition) is 2. The van der Waals surface area contributed by atoms with Crippen LogP contribution >= 0.6 is 0 Å². The van der Waals surface area contributed by atoms with E-state index in [4.69, 9.17) is 4.74 Å². The molecule has 0 unspecified atom stereocenters. The number of ether oxygens (including phenoxy) is 1. The van der Waals surface area contributed by atoms with Crippen LogP contribution in [0.1, 0.15) is 38.5 Å². The van der Waals surface area contributed by atoms with Gasteiger partial charge in [0.25, 0.3) is 0 Å². The van der Waals surface area contributed by atoms with E-state index in [0.717, 1.165) is 58.5 Å². The van der Waals surface area contributed by atoms with Gasteiger partial charge in [0, 0.05) is 26.2 Å². The van der Waals surface area contributed by atoms with Gasteiger partial charge in [0.05, 0.1) is 13.2 Å². The molecule has 1 saturated heterocycles. The summed E-state index contributed by atoms with van der Waals surface area (Å²) in [6.45, 7) is 5.48. The van der Waals surface area contributed by atoms with Crippen LogP contribution < -0.4 is 10.6 Å². The van der Waals surface area contributed by atoms with Gasteiger partial charge in [-0.25, -0.2) is 0 Å². The van der Waals surface area contributed by atoms with E-state index < -0.39 is 11.8 Å². The Morgan fingerprint density at radius 3 is 2.52 bits per heavy atom. The minimum atomic E-state index is -0.524. The molecule has 0 spiro atoms. The molecule has 0 bridgehead atoms. The van der Waals surface area contributed by atoms with Crippen LogP contribution in [0.15, 0.2) is 11.6 Å². The van der Waals surface area contributed by atoms with E-state index in [0.29, 0.717) is 13.1 Å². The maximum Gasteiger partial charge on any atom is 0.309 e. The van der Waals surface area contributed by atoms with E-state index in [1.54, 1.807) is 0 Å². The van der Waals surface area contributed by atoms with Gasteiger partial charge in [-0.1, -0.05) is 11.6 Å². The summed E-state index contributed by atoms with van der Waals surface area (Å²) < 4.78 is 5.29. The summed E-state index contributed by atoms with van der Waals surface area (Å²) in [6.07, 6.45) is 8.76. The molecule has 0 radical (unpaired) electrons. The van der Waals surface area contributed by atoms with Crippen LogP contribution in [0.5, 0.6) is 0 Å². The van der Waals surface area contributed by atoms with Gasteiger partial charge in [0.1, 0.15) is 0 Å². The first kappa shape index (κ1) is 17.9. The fourth-order valence-electron chi connectivity index (χ4n) is 2.96. The number of carbonyl (C=O) groups is 2. The normalized spacial score (nSPS) is 19.0. The molecule has 0 saturated carbocycles. The highest BCUT2D eigenvalue weighted by atomic mass is 16.5. The van der Waals surface area contributed by atoms with Gasteiger partial charge in [-0.2, -0.15) is 0 Å². The van der Waals surface area contributed by atoms with Crippen LogP contribution in [-0.4, -0.2) is 62.7 Å². The molecule has 0 aromatic carbocycles. The smallest absolute Gasteiger partial charge is 0.309 e. The Hall–Kier alpha value is -1.40. The van der Waals surface area contributed by atoms with E-state index in [1.807, 2.05) is 0 Å². The standard InChI is InChI=1S/C17H29N3O3/c21-16(18-8-4-10-20-11-13-23-14-12-20)17(22)19-9-7-15-5-2-1-3-6-15/h5H,1-4,6-14H2,(H,18,21)(H,19,22). The fraction of sp³-hybridized carbons (Fsp3) is 0.765. The van der Waals surface area contributed by atoms with Crippen LogP contribution in [0.3, 0.4) is 0 Å². The molecule has 130 valence electrons. The summed E-state index contributed by atoms with van der Waals surface area (Å²) in [6, 6.07) is 0. The second-order valence-corrected chi connectivity index (χ2v) is 6.18. The Labute approximate surface area is 138 Å². The Morgan fingerprint density at radius 2 is 1.83 bits per heavy atom. The van der Waals surface area contributed by atoms with Gasteiger partial charge < -0.3 is 15.4 Å². The molecule has 1 aliphatic heterocycles. The Morgan fingerprint density at radius 1 is 1.09 bits per heavy atom. The maximum atomic E-state index is 11.7. The zero-order valence-electron chi connectivity index (χ0n) is 13.9. The van der Waals surface area contributed by atoms with Crippen molar-refractivity contribution in [1.29, 1.82) is 0 Å². The Balaban J connectivity index is 1.50. The number of carbonyl (C=O) groups excluding carboxylic acids is 2. The summed E-state index contributed by atoms with van der Waals surface area (Å²) in [7, 11) is 0. The lowest BCUT2D eigenvalue weighted by molar-refractivity contribution is -0.139. The molecule has 0 aromatic heterocycles. The Kier molecular flexibility index (Phi) is 8.11. The van der Waals surface area contributed by atoms with Gasteiger partial charge >= 0.3 is 11.8 Å². The lowest BCUT2D eigenvalue weighted by Crippen LogP contribution is -2.42. The summed E-state index contributed by atoms with van der Waals surface area (Å²) in [5.41, 5.74) is 1.41. The first-order chi connectivity index (χ1) is 11.3. The first-order valence-electron chi connectivity index (χ1n) is 8.80. The van der Waals surface area contributed by atoms with Crippen molar-refractivity contribution in [3.05, 3.63) is 11.6 Å². The third kappa shape index (κ3) is 7.14. The van der Waals surface area contributed by atoms with E-state index in [2.05, 4.69) is 21.6 Å². The first-order valence-corrected chi connectivity index (χ1v) is 8.80. The van der Waals surface area contributed by atoms with Crippen LogP contribution in [0.2, 0.25) is 0 Å². The number of hydrogen-bond acceptors (Lipinski definition) is 4. The third-order valence-electron chi connectivity index (χ3n) is 4.36. The Bertz CT molecular complexity index is 417. The van der Waals surface area contributed by atoms with E-state index in [1.165, 1.54) is 18.4 Å². The molecular formula is C17H29N3O3. The molecule has 23 heavy (non-hydrogen) atoms. The number of allylic oxidation sites excluding steroid dienone is 1. The van der Waals surface area contributed by atoms with Gasteiger partial charge in [-0.3, -0.25) is 14.5 Å². The molecule has 2 rings (SSSR count). The van der Waals surface area contributed by atoms with E-state index in [-0.39, 0.29) is 0 Å². The molecule has 0 aromatic rings. The number of nitrogens with one attached hydrogen (secondary N) is 2. The third-order valence-corrected chi connectivity index (χ3v) is 4.36. The van der Waals surface area contributed by atoms with Crippen LogP contribution in [-0.2, 0) is 14.3 Å². The van der Waals surface area contributed by atoms with Crippen molar-refractivity contribution in [3.63, 3.8) is 0 Å². The number of nitrogens with zero attached hydrogens (tertiary/aromatic N) is 1. The predicted octanol–water partition coefficient (Wildman–Crippen LogP) is 0.832. The highest BCUT2D eigenvalue weighted by molar-refractivity contribution is 6.35. The van der Waals surface area contributed by atoms with Crippen molar-refractivity contribution in [3.8, 4) is 0 Å². The van der Waals surface area contributed by atoms with Crippen molar-refractivity contribution in [2.24, 2.45) is 0 Å². The summed E-state index contributed by atoms with van der Waals surface area (Å²) in [5.74, 6) is -1.04. The number of morpholine rings is 1. The molecule has 6 nitrogen and oxygen atoms in total. The number of rotatable bonds is 7. The molecule has 0 atom stereocenters. The zero-order valence-corrected chi connectivity index (χ0v) is 13.9. The minimum Gasteiger partial charge on any atom is -0.379 e. The summed E-state index contributed by atoms with van der Waals surface area (Å²) in [5, 5.41) is 5.39. The van der Waals surface area contributed by atoms with Gasteiger partial charge in [-0.15, -0.1) is 0 Å². The van der Waals surface area contributed by atoms with Crippen molar-refractivity contribution in [2.75, 3.05) is 45.9 Å². The molecule has 2 aliphatic rings. The summed E-state index contributed by atoms with van der Waals surface area (Å²) in [4.78, 5) is 25.7. The molecule has 6 heteroatoms. The lowest BCUT2D eigenvalue weighted by Gasteiger charge is -2.26. The molecule has 1 aliphatic carbocycles. The largest absolute Gasteiger partial charge is 0.379 e. The van der Waals surface area contributed by atoms with Gasteiger partial charge in [0.2, 0.25) is 0 Å². The highest BCUT2D eigenvalue weighted by Crippen LogP contribution is 2.19. The number of amides is 2. The second kappa shape index (κ2) is 10.4. The van der Waals surface area contributed by atoms with Gasteiger partial charge in [0.15, 0.2) is 0 Å². The molecule has 1 heterocycles. The van der Waals surface area contributed by atoms with Crippen molar-refractivity contribution < 1.29 is 14.3 Å². The lowest BCUT2D eigenvalue weighted by atomic mass is 9.97. The van der Waals surface area contributed by atoms with Crippen LogP contribution in [0.4, 0.5) is 0 Å². The molecule has 1 fully saturated rings. The average molecular weight is 323 g/mol. The van der Waals surface area contributed by atoms with E-state index in [9.17, 15) is 9.59 Å². The van der Waals surface area contributed by atoms with Crippen molar-refractivity contribution in [2.45, 2.75) is 38.5 Å². The maximum absolute atomic E-state index is 11.7. The van der Waals surface area contributed by atoms with Crippen molar-refractivity contribution >= 4 is 11.8 Å². The summed E-state index contributed by atoms with van der Waals surface area (Å²) >= 11 is 0. The zero-order chi connectivity index (χ0) is 16.3.